The van der Waals surface area contributed by atoms with Gasteiger partial charge in [-0.1, -0.05) is 72.8 Å². The molecule has 12 nitrogen and oxygen atoms in total. The zero-order valence-electron chi connectivity index (χ0n) is 31.5. The molecule has 0 unspecified atom stereocenters. The molecule has 4 N–H and O–H groups in total. The molecule has 4 aromatic carbocycles. The van der Waals surface area contributed by atoms with Crippen LogP contribution in [0.3, 0.4) is 0 Å². The van der Waals surface area contributed by atoms with E-state index in [1.165, 1.54) is 48.5 Å². The number of H-pyrrole nitrogens is 2. The summed E-state index contributed by atoms with van der Waals surface area (Å²) in [6.07, 6.45) is 7.34. The van der Waals surface area contributed by atoms with Gasteiger partial charge in [0.15, 0.2) is 0 Å². The van der Waals surface area contributed by atoms with Gasteiger partial charge >= 0.3 is 29.0 Å². The van der Waals surface area contributed by atoms with Crippen LogP contribution in [0.1, 0.15) is 64.2 Å². The average molecular weight is 844 g/mol. The topological polar surface area (TPSA) is 212 Å². The van der Waals surface area contributed by atoms with Crippen molar-refractivity contribution in [2.45, 2.75) is 0 Å². The molecule has 0 atom stereocenters. The Bertz CT molecular complexity index is 3030. The van der Waals surface area contributed by atoms with Gasteiger partial charge in [-0.05, 0) is 106 Å². The number of aromatic carboxylic acids is 4. The molecule has 0 saturated carbocycles. The number of carboxylic acid groups (broad SMARTS) is 4. The van der Waals surface area contributed by atoms with Crippen LogP contribution >= 0.6 is 0 Å². The molecular weight excluding hydrogens is 815 g/mol. The van der Waals surface area contributed by atoms with Crippen molar-refractivity contribution < 1.29 is 56.7 Å². The van der Waals surface area contributed by atoms with Crippen molar-refractivity contribution in [3.8, 4) is 44.5 Å². The zero-order chi connectivity index (χ0) is 41.7. The third-order valence-electron chi connectivity index (χ3n) is 10.4. The molecule has 2 aliphatic heterocycles. The summed E-state index contributed by atoms with van der Waals surface area (Å²) in [7, 11) is 0. The summed E-state index contributed by atoms with van der Waals surface area (Å²) >= 11 is 0. The molecule has 7 aromatic rings. The summed E-state index contributed by atoms with van der Waals surface area (Å²) in [5.74, 6) is -4.78. The Morgan fingerprint density at radius 3 is 0.951 bits per heavy atom. The first-order chi connectivity index (χ1) is 29.0. The largest absolute Gasteiger partial charge is 2.00 e. The van der Waals surface area contributed by atoms with Crippen LogP contribution < -0.4 is 10.2 Å². The SMILES string of the molecule is O=C([O-])c1ccc(-c2c3nc(c(-c4ccc(C(=O)[O-])cc4)c4ccc([nH]4)c(-c4ccc(C(=O)O)cc4)c4ccc([nH]4)c(-c4ccc(C(=O)O)cc4)c4nc2C=C4)C=C3)cc1.[Mn+2]. The van der Waals surface area contributed by atoms with Crippen LogP contribution in [-0.4, -0.2) is 54.0 Å². The molecule has 2 aliphatic rings. The molecule has 9 rings (SSSR count). The molecule has 8 bridgehead atoms. The Morgan fingerprint density at radius 1 is 0.377 bits per heavy atom. The van der Waals surface area contributed by atoms with Crippen LogP contribution in [0.15, 0.2) is 121 Å². The van der Waals surface area contributed by atoms with E-state index in [-0.39, 0.29) is 39.3 Å². The Kier molecular flexibility index (Phi) is 10.4. The van der Waals surface area contributed by atoms with Gasteiger partial charge in [-0.25, -0.2) is 19.6 Å². The number of fused-ring (bicyclic) bond motifs is 8. The standard InChI is InChI=1S/C48H30N4O8.Mn/c53-45(54)29-9-1-25(2-10-29)41-33-17-19-35(49-33)42(26-3-11-30(12-4-26)46(55)56)37-21-23-39(51-37)44(28-7-15-32(16-8-28)48(59)60)40-24-22-38(52-40)43(36-20-18-34(41)50-36)27-5-13-31(14-6-27)47(57)58;/h1-24,49-50H,(H,53,54)(H,55,56)(H,57,58)(H,59,60);/q;+2/p-2. The molecule has 3 aromatic heterocycles. The first-order valence-corrected chi connectivity index (χ1v) is 18.5. The molecule has 0 spiro atoms. The monoisotopic (exact) mass is 843 g/mol. The molecule has 5 heterocycles. The van der Waals surface area contributed by atoms with Crippen LogP contribution in [0.25, 0.3) is 90.9 Å². The van der Waals surface area contributed by atoms with Crippen LogP contribution in [0, 0.1) is 0 Å². The van der Waals surface area contributed by atoms with E-state index in [4.69, 9.17) is 9.97 Å². The predicted octanol–water partition coefficient (Wildman–Crippen LogP) is 7.44. The minimum Gasteiger partial charge on any atom is -0.545 e. The summed E-state index contributed by atoms with van der Waals surface area (Å²) < 4.78 is 0. The number of rotatable bonds is 8. The van der Waals surface area contributed by atoms with Crippen LogP contribution in [0.4, 0.5) is 0 Å². The first-order valence-electron chi connectivity index (χ1n) is 18.5. The fourth-order valence-corrected chi connectivity index (χ4v) is 7.53. The minimum absolute atomic E-state index is 0. The summed E-state index contributed by atoms with van der Waals surface area (Å²) in [4.78, 5) is 64.5. The molecular formula is C48H28MnN4O8. The molecule has 61 heavy (non-hydrogen) atoms. The number of carbonyl (C=O) groups excluding carboxylic acids is 2. The number of nitrogens with one attached hydrogen (secondary N) is 2. The fourth-order valence-electron chi connectivity index (χ4n) is 7.53. The molecule has 1 radical (unpaired) electrons. The Morgan fingerprint density at radius 2 is 0.639 bits per heavy atom. The number of aromatic amines is 2. The van der Waals surface area contributed by atoms with Crippen molar-refractivity contribution in [2.24, 2.45) is 0 Å². The number of benzene rings is 4. The van der Waals surface area contributed by atoms with Crippen molar-refractivity contribution in [3.63, 3.8) is 0 Å². The summed E-state index contributed by atoms with van der Waals surface area (Å²) in [5, 5.41) is 42.8. The maximum Gasteiger partial charge on any atom is 2.00 e. The van der Waals surface area contributed by atoms with Crippen molar-refractivity contribution in [3.05, 3.63) is 166 Å². The van der Waals surface area contributed by atoms with E-state index in [1.54, 1.807) is 48.5 Å². The number of carbonyl (C=O) groups is 4. The van der Waals surface area contributed by atoms with Gasteiger partial charge < -0.3 is 40.0 Å². The quantitative estimate of drug-likeness (QED) is 0.111. The van der Waals surface area contributed by atoms with E-state index >= 15 is 0 Å². The maximum absolute atomic E-state index is 11.8. The van der Waals surface area contributed by atoms with Gasteiger partial charge in [-0.15, -0.1) is 0 Å². The maximum atomic E-state index is 11.8. The smallest absolute Gasteiger partial charge is 0.545 e. The molecule has 13 heteroatoms. The van der Waals surface area contributed by atoms with Gasteiger partial charge in [0.25, 0.3) is 0 Å². The Labute approximate surface area is 356 Å². The number of nitrogens with zero attached hydrogens (tertiary/aromatic N) is 2. The summed E-state index contributed by atoms with van der Waals surface area (Å²) in [6.45, 7) is 0. The Balaban J connectivity index is 0.00000514. The molecule has 0 aliphatic carbocycles. The van der Waals surface area contributed by atoms with Gasteiger partial charge in [-0.3, -0.25) is 0 Å². The minimum atomic E-state index is -1.32. The van der Waals surface area contributed by atoms with Crippen LogP contribution in [-0.2, 0) is 17.1 Å². The normalized spacial score (nSPS) is 11.5. The second-order valence-electron chi connectivity index (χ2n) is 14.0. The number of hydrogen-bond acceptors (Lipinski definition) is 8. The zero-order valence-corrected chi connectivity index (χ0v) is 32.7. The predicted molar refractivity (Wildman–Crippen MR) is 223 cm³/mol. The van der Waals surface area contributed by atoms with Gasteiger partial charge in [0.05, 0.1) is 45.8 Å². The van der Waals surface area contributed by atoms with Crippen molar-refractivity contribution in [1.29, 1.82) is 0 Å². The molecule has 0 amide bonds. The van der Waals surface area contributed by atoms with Crippen LogP contribution in [0.2, 0.25) is 0 Å². The number of carboxylic acids is 4. The van der Waals surface area contributed by atoms with E-state index in [0.29, 0.717) is 89.4 Å². The van der Waals surface area contributed by atoms with Crippen molar-refractivity contribution >= 4 is 70.2 Å². The van der Waals surface area contributed by atoms with Gasteiger partial charge in [0.1, 0.15) is 0 Å². The first kappa shape index (κ1) is 39.7. The van der Waals surface area contributed by atoms with E-state index in [0.717, 1.165) is 0 Å². The Hall–Kier alpha value is -8.12. The van der Waals surface area contributed by atoms with E-state index in [1.807, 2.05) is 48.6 Å². The molecule has 295 valence electrons. The van der Waals surface area contributed by atoms with Crippen molar-refractivity contribution in [1.82, 2.24) is 19.9 Å². The summed E-state index contributed by atoms with van der Waals surface area (Å²) in [6, 6.07) is 33.0. The number of hydrogen-bond donors (Lipinski definition) is 4. The number of aromatic nitrogens is 4. The fraction of sp³-hybridized carbons (Fsp3) is 0. The van der Waals surface area contributed by atoms with E-state index < -0.39 is 23.9 Å². The molecule has 0 fully saturated rings. The van der Waals surface area contributed by atoms with Crippen LogP contribution in [0.5, 0.6) is 0 Å². The van der Waals surface area contributed by atoms with Gasteiger partial charge in [0, 0.05) is 44.3 Å². The van der Waals surface area contributed by atoms with Gasteiger partial charge in [-0.2, -0.15) is 0 Å². The third kappa shape index (κ3) is 7.42. The summed E-state index contributed by atoms with van der Waals surface area (Å²) in [5.41, 5.74) is 10.1. The van der Waals surface area contributed by atoms with E-state index in [2.05, 4.69) is 9.97 Å². The van der Waals surface area contributed by atoms with Crippen molar-refractivity contribution in [2.75, 3.05) is 0 Å². The van der Waals surface area contributed by atoms with E-state index in [9.17, 15) is 39.6 Å². The van der Waals surface area contributed by atoms with Gasteiger partial charge in [0.2, 0.25) is 0 Å². The molecule has 0 saturated heterocycles. The average Bonchev–Trinajstić information content (AvgIpc) is 4.10. The second-order valence-corrected chi connectivity index (χ2v) is 14.0. The second kappa shape index (κ2) is 15.9. The third-order valence-corrected chi connectivity index (χ3v) is 10.4.